The van der Waals surface area contributed by atoms with Crippen molar-refractivity contribution < 1.29 is 18.0 Å². The van der Waals surface area contributed by atoms with Crippen LogP contribution in [0.3, 0.4) is 0 Å². The molecule has 1 heterocycles. The third-order valence-electron chi connectivity index (χ3n) is 7.80. The highest BCUT2D eigenvalue weighted by Gasteiger charge is 2.36. The van der Waals surface area contributed by atoms with Gasteiger partial charge in [0.2, 0.25) is 11.8 Å². The second-order valence-electron chi connectivity index (χ2n) is 10.8. The molecule has 0 saturated carbocycles. The number of hydrogen-bond donors (Lipinski definition) is 1. The van der Waals surface area contributed by atoms with E-state index in [1.165, 1.54) is 4.31 Å². The lowest BCUT2D eigenvalue weighted by atomic mass is 10.0. The number of sulfonamides is 1. The molecular formula is C34H36ClN3O4S. The van der Waals surface area contributed by atoms with Gasteiger partial charge >= 0.3 is 0 Å². The summed E-state index contributed by atoms with van der Waals surface area (Å²) in [5.74, 6) is -0.419. The van der Waals surface area contributed by atoms with Crippen LogP contribution in [0.4, 0.5) is 5.69 Å². The van der Waals surface area contributed by atoms with Gasteiger partial charge in [-0.3, -0.25) is 13.9 Å². The Bertz CT molecular complexity index is 1690. The first-order chi connectivity index (χ1) is 20.8. The fourth-order valence-electron chi connectivity index (χ4n) is 5.56. The minimum atomic E-state index is -3.72. The van der Waals surface area contributed by atoms with E-state index in [4.69, 9.17) is 11.6 Å². The van der Waals surface area contributed by atoms with E-state index in [1.54, 1.807) is 29.2 Å². The molecular weight excluding hydrogens is 582 g/mol. The molecule has 4 aromatic carbocycles. The molecule has 1 aliphatic heterocycles. The summed E-state index contributed by atoms with van der Waals surface area (Å²) in [7, 11) is -3.72. The second kappa shape index (κ2) is 13.6. The highest BCUT2D eigenvalue weighted by Crippen LogP contribution is 2.42. The number of benzene rings is 4. The zero-order chi connectivity index (χ0) is 30.4. The monoisotopic (exact) mass is 617 g/mol. The Balaban J connectivity index is 1.38. The number of nitrogens with one attached hydrogen (secondary N) is 1. The van der Waals surface area contributed by atoms with E-state index in [0.717, 1.165) is 29.4 Å². The Kier molecular flexibility index (Phi) is 9.68. The van der Waals surface area contributed by atoms with Crippen molar-refractivity contribution in [1.82, 2.24) is 10.2 Å². The van der Waals surface area contributed by atoms with E-state index in [0.29, 0.717) is 40.4 Å². The predicted octanol–water partition coefficient (Wildman–Crippen LogP) is 6.34. The molecule has 224 valence electrons. The Morgan fingerprint density at radius 3 is 2.33 bits per heavy atom. The quantitative estimate of drug-likeness (QED) is 0.177. The molecule has 5 rings (SSSR count). The lowest BCUT2D eigenvalue weighted by Crippen LogP contribution is -2.50. The number of rotatable bonds is 13. The molecule has 1 aliphatic rings. The first kappa shape index (κ1) is 30.6. The first-order valence-electron chi connectivity index (χ1n) is 14.7. The minimum absolute atomic E-state index is 0.0828. The van der Waals surface area contributed by atoms with Crippen molar-refractivity contribution in [3.8, 4) is 0 Å². The maximum atomic E-state index is 14.0. The van der Waals surface area contributed by atoms with Gasteiger partial charge in [-0.05, 0) is 53.6 Å². The van der Waals surface area contributed by atoms with E-state index >= 15 is 0 Å². The molecule has 0 unspecified atom stereocenters. The molecule has 9 heteroatoms. The topological polar surface area (TPSA) is 86.8 Å². The van der Waals surface area contributed by atoms with Crippen LogP contribution in [-0.2, 0) is 32.6 Å². The molecule has 0 saturated heterocycles. The summed E-state index contributed by atoms with van der Waals surface area (Å²) in [6.07, 6.45) is 2.52. The van der Waals surface area contributed by atoms with E-state index in [2.05, 4.69) is 12.2 Å². The van der Waals surface area contributed by atoms with Gasteiger partial charge in [0.25, 0.3) is 10.0 Å². The number of nitrogens with zero attached hydrogens (tertiary/aromatic N) is 2. The van der Waals surface area contributed by atoms with E-state index in [1.807, 2.05) is 66.7 Å². The van der Waals surface area contributed by atoms with Crippen molar-refractivity contribution in [3.63, 3.8) is 0 Å². The summed E-state index contributed by atoms with van der Waals surface area (Å²) in [6.45, 7) is 2.97. The number of anilines is 1. The molecule has 0 bridgehead atoms. The van der Waals surface area contributed by atoms with Gasteiger partial charge in [-0.2, -0.15) is 0 Å². The van der Waals surface area contributed by atoms with Gasteiger partial charge in [0.1, 0.15) is 6.04 Å². The minimum Gasteiger partial charge on any atom is -0.354 e. The van der Waals surface area contributed by atoms with Crippen molar-refractivity contribution in [3.05, 3.63) is 107 Å². The van der Waals surface area contributed by atoms with Gasteiger partial charge in [-0.15, -0.1) is 0 Å². The zero-order valence-corrected chi connectivity index (χ0v) is 25.8. The zero-order valence-electron chi connectivity index (χ0n) is 24.2. The molecule has 0 fully saturated rings. The van der Waals surface area contributed by atoms with Crippen LogP contribution >= 0.6 is 11.6 Å². The number of unbranched alkanes of at least 4 members (excludes halogenated alkanes) is 1. The Labute approximate surface area is 258 Å². The summed E-state index contributed by atoms with van der Waals surface area (Å²) in [5, 5.41) is 5.19. The van der Waals surface area contributed by atoms with E-state index in [-0.39, 0.29) is 31.3 Å². The lowest BCUT2D eigenvalue weighted by molar-refractivity contribution is -0.141. The van der Waals surface area contributed by atoms with Crippen molar-refractivity contribution in [1.29, 1.82) is 0 Å². The first-order valence-corrected chi connectivity index (χ1v) is 16.5. The molecule has 0 aliphatic carbocycles. The fraction of sp³-hybridized carbons (Fsp3) is 0.294. The van der Waals surface area contributed by atoms with Crippen LogP contribution in [0.5, 0.6) is 0 Å². The van der Waals surface area contributed by atoms with E-state index in [9.17, 15) is 18.0 Å². The number of halogens is 1. The number of hydrogen-bond acceptors (Lipinski definition) is 4. The number of amides is 2. The van der Waals surface area contributed by atoms with Crippen LogP contribution < -0.4 is 9.62 Å². The van der Waals surface area contributed by atoms with Crippen LogP contribution in [0.25, 0.3) is 10.8 Å². The van der Waals surface area contributed by atoms with Crippen LogP contribution in [-0.4, -0.2) is 44.3 Å². The number of carbonyl (C=O) groups excluding carboxylic acids is 2. The van der Waals surface area contributed by atoms with Crippen LogP contribution in [0.1, 0.15) is 43.7 Å². The maximum Gasteiger partial charge on any atom is 0.265 e. The molecule has 1 atom stereocenters. The van der Waals surface area contributed by atoms with Gasteiger partial charge in [-0.1, -0.05) is 91.7 Å². The SMILES string of the molecule is CCCCNC(=O)[C@H](Cc1ccccc1)N(Cc1ccc(Cl)cc1)C(=O)CCCN1c2cccc3cccc(c23)S1(=O)=O. The fourth-order valence-corrected chi connectivity index (χ4v) is 7.44. The van der Waals surface area contributed by atoms with Crippen molar-refractivity contribution in [2.75, 3.05) is 17.4 Å². The largest absolute Gasteiger partial charge is 0.354 e. The predicted molar refractivity (Wildman–Crippen MR) is 172 cm³/mol. The normalized spacial score (nSPS) is 14.0. The Hall–Kier alpha value is -3.88. The Morgan fingerprint density at radius 1 is 0.884 bits per heavy atom. The van der Waals surface area contributed by atoms with Crippen molar-refractivity contribution >= 4 is 49.9 Å². The highest BCUT2D eigenvalue weighted by molar-refractivity contribution is 7.93. The van der Waals surface area contributed by atoms with Crippen LogP contribution in [0.2, 0.25) is 5.02 Å². The van der Waals surface area contributed by atoms with Gasteiger partial charge in [0.05, 0.1) is 10.6 Å². The summed E-state index contributed by atoms with van der Waals surface area (Å²) in [4.78, 5) is 29.5. The lowest BCUT2D eigenvalue weighted by Gasteiger charge is -2.32. The smallest absolute Gasteiger partial charge is 0.265 e. The molecule has 0 spiro atoms. The maximum absolute atomic E-state index is 14.0. The molecule has 0 radical (unpaired) electrons. The standard InChI is InChI=1S/C34H36ClN3O4S/c1-2-3-21-36-34(40)30(23-25-10-5-4-6-11-25)37(24-26-17-19-28(35)20-18-26)32(39)16-9-22-38-29-14-7-12-27-13-8-15-31(33(27)29)43(38,41)42/h4-8,10-15,17-20,30H,2-3,9,16,21-24H2,1H3,(H,36,40)/t30-/m0/s1. The van der Waals surface area contributed by atoms with E-state index < -0.39 is 16.1 Å². The third-order valence-corrected chi connectivity index (χ3v) is 9.91. The molecule has 43 heavy (non-hydrogen) atoms. The van der Waals surface area contributed by atoms with Crippen LogP contribution in [0, 0.1) is 0 Å². The Morgan fingerprint density at radius 2 is 1.60 bits per heavy atom. The van der Waals surface area contributed by atoms with Crippen molar-refractivity contribution in [2.24, 2.45) is 0 Å². The molecule has 7 nitrogen and oxygen atoms in total. The summed E-state index contributed by atoms with van der Waals surface area (Å²) in [5.41, 5.74) is 2.43. The van der Waals surface area contributed by atoms with Crippen molar-refractivity contribution in [2.45, 2.75) is 56.5 Å². The average molecular weight is 618 g/mol. The molecule has 2 amide bonds. The molecule has 1 N–H and O–H groups in total. The van der Waals surface area contributed by atoms with Gasteiger partial charge in [0, 0.05) is 42.9 Å². The molecule has 0 aromatic heterocycles. The third kappa shape index (κ3) is 6.86. The summed E-state index contributed by atoms with van der Waals surface area (Å²) < 4.78 is 28.3. The van der Waals surface area contributed by atoms with Gasteiger partial charge in [-0.25, -0.2) is 8.42 Å². The average Bonchev–Trinajstić information content (AvgIpc) is 3.23. The van der Waals surface area contributed by atoms with Gasteiger partial charge in [0.15, 0.2) is 0 Å². The summed E-state index contributed by atoms with van der Waals surface area (Å²) in [6, 6.07) is 27.0. The van der Waals surface area contributed by atoms with Gasteiger partial charge < -0.3 is 10.2 Å². The van der Waals surface area contributed by atoms with Crippen LogP contribution in [0.15, 0.2) is 95.9 Å². The molecule has 4 aromatic rings. The second-order valence-corrected chi connectivity index (χ2v) is 13.1. The highest BCUT2D eigenvalue weighted by atomic mass is 35.5. The summed E-state index contributed by atoms with van der Waals surface area (Å²) >= 11 is 6.12. The number of carbonyl (C=O) groups is 2.